The van der Waals surface area contributed by atoms with E-state index in [0.29, 0.717) is 10.4 Å². The average Bonchev–Trinajstić information content (AvgIpc) is 2.37. The van der Waals surface area contributed by atoms with Gasteiger partial charge in [0.25, 0.3) is 5.56 Å². The highest BCUT2D eigenvalue weighted by atomic mass is 35.5. The van der Waals surface area contributed by atoms with Crippen LogP contribution in [0.3, 0.4) is 0 Å². The molecule has 0 spiro atoms. The molecule has 0 saturated heterocycles. The zero-order chi connectivity index (χ0) is 13.3. The van der Waals surface area contributed by atoms with E-state index in [4.69, 9.17) is 11.6 Å². The molecule has 1 aromatic heterocycles. The lowest BCUT2D eigenvalue weighted by Crippen LogP contribution is -2.22. The standard InChI is InChI=1S/C15H16ClNO/c1-4-10(3)17-12(5-2)9-11-7-6-8-13(16)14(11)15(17)18/h6-9H,3-5H2,1-2H3. The fraction of sp³-hybridized carbons (Fsp3) is 0.267. The lowest BCUT2D eigenvalue weighted by atomic mass is 10.1. The maximum absolute atomic E-state index is 12.5. The minimum absolute atomic E-state index is 0.0678. The maximum Gasteiger partial charge on any atom is 0.264 e. The van der Waals surface area contributed by atoms with Crippen molar-refractivity contribution in [3.63, 3.8) is 0 Å². The van der Waals surface area contributed by atoms with Crippen molar-refractivity contribution in [3.8, 4) is 0 Å². The normalized spacial score (nSPS) is 10.8. The molecule has 0 atom stereocenters. The smallest absolute Gasteiger partial charge is 0.264 e. The summed E-state index contributed by atoms with van der Waals surface area (Å²) in [6, 6.07) is 7.54. The van der Waals surface area contributed by atoms with Gasteiger partial charge in [-0.2, -0.15) is 0 Å². The number of allylic oxidation sites excluding steroid dienone is 1. The number of nitrogens with zero attached hydrogens (tertiary/aromatic N) is 1. The van der Waals surface area contributed by atoms with Crippen LogP contribution in [-0.4, -0.2) is 4.57 Å². The van der Waals surface area contributed by atoms with Crippen LogP contribution in [0.4, 0.5) is 0 Å². The molecule has 0 saturated carbocycles. The molecule has 0 fully saturated rings. The lowest BCUT2D eigenvalue weighted by molar-refractivity contribution is 0.878. The number of benzene rings is 1. The number of aromatic nitrogens is 1. The van der Waals surface area contributed by atoms with Crippen LogP contribution in [0.1, 0.15) is 26.0 Å². The molecule has 0 aliphatic carbocycles. The molecule has 18 heavy (non-hydrogen) atoms. The number of hydrogen-bond acceptors (Lipinski definition) is 1. The minimum Gasteiger partial charge on any atom is -0.285 e. The Kier molecular flexibility index (Phi) is 3.58. The molecule has 0 amide bonds. The molecule has 0 bridgehead atoms. The highest BCUT2D eigenvalue weighted by molar-refractivity contribution is 6.35. The van der Waals surface area contributed by atoms with Gasteiger partial charge in [-0.15, -0.1) is 0 Å². The Balaban J connectivity index is 2.93. The van der Waals surface area contributed by atoms with Gasteiger partial charge in [0.1, 0.15) is 0 Å². The van der Waals surface area contributed by atoms with Gasteiger partial charge < -0.3 is 0 Å². The molecule has 2 rings (SSSR count). The maximum atomic E-state index is 12.5. The third kappa shape index (κ3) is 1.97. The predicted molar refractivity (Wildman–Crippen MR) is 78.2 cm³/mol. The number of fused-ring (bicyclic) bond motifs is 1. The Morgan fingerprint density at radius 2 is 2.11 bits per heavy atom. The number of rotatable bonds is 3. The van der Waals surface area contributed by atoms with Gasteiger partial charge in [-0.05, 0) is 30.4 Å². The molecule has 1 aromatic carbocycles. The van der Waals surface area contributed by atoms with E-state index < -0.39 is 0 Å². The quantitative estimate of drug-likeness (QED) is 0.815. The van der Waals surface area contributed by atoms with Crippen molar-refractivity contribution >= 4 is 28.1 Å². The van der Waals surface area contributed by atoms with E-state index in [1.54, 1.807) is 10.6 Å². The summed E-state index contributed by atoms with van der Waals surface area (Å²) in [7, 11) is 0. The van der Waals surface area contributed by atoms with E-state index in [-0.39, 0.29) is 5.56 Å². The van der Waals surface area contributed by atoms with E-state index in [1.807, 2.05) is 32.0 Å². The number of aryl methyl sites for hydroxylation is 1. The summed E-state index contributed by atoms with van der Waals surface area (Å²) in [5, 5.41) is 1.97. The molecule has 2 nitrogen and oxygen atoms in total. The van der Waals surface area contributed by atoms with Crippen molar-refractivity contribution < 1.29 is 0 Å². The first-order valence-electron chi connectivity index (χ1n) is 6.11. The molecule has 94 valence electrons. The van der Waals surface area contributed by atoms with Crippen molar-refractivity contribution in [1.29, 1.82) is 0 Å². The van der Waals surface area contributed by atoms with E-state index in [0.717, 1.165) is 29.6 Å². The van der Waals surface area contributed by atoms with Crippen LogP contribution in [-0.2, 0) is 6.42 Å². The zero-order valence-corrected chi connectivity index (χ0v) is 11.4. The molecule has 0 radical (unpaired) electrons. The molecular formula is C15H16ClNO. The van der Waals surface area contributed by atoms with Gasteiger partial charge in [0.2, 0.25) is 0 Å². The molecule has 0 unspecified atom stereocenters. The topological polar surface area (TPSA) is 22.0 Å². The fourth-order valence-corrected chi connectivity index (χ4v) is 2.40. The van der Waals surface area contributed by atoms with E-state index in [1.165, 1.54) is 0 Å². The van der Waals surface area contributed by atoms with Gasteiger partial charge in [-0.25, -0.2) is 0 Å². The molecule has 1 heterocycles. The minimum atomic E-state index is -0.0678. The predicted octanol–water partition coefficient (Wildman–Crippen LogP) is 4.10. The summed E-state index contributed by atoms with van der Waals surface area (Å²) >= 11 is 6.13. The SMILES string of the molecule is C=C(CC)n1c(CC)cc2cccc(Cl)c2c1=O. The Hall–Kier alpha value is -1.54. The molecule has 0 aliphatic heterocycles. The third-order valence-corrected chi connectivity index (χ3v) is 3.47. The summed E-state index contributed by atoms with van der Waals surface area (Å²) in [5.74, 6) is 0. The fourth-order valence-electron chi connectivity index (χ4n) is 2.14. The number of halogens is 1. The number of pyridine rings is 1. The average molecular weight is 262 g/mol. The lowest BCUT2D eigenvalue weighted by Gasteiger charge is -2.15. The van der Waals surface area contributed by atoms with Gasteiger partial charge in [0.15, 0.2) is 0 Å². The van der Waals surface area contributed by atoms with Crippen LogP contribution >= 0.6 is 11.6 Å². The van der Waals surface area contributed by atoms with Crippen LogP contribution < -0.4 is 5.56 Å². The van der Waals surface area contributed by atoms with Crippen LogP contribution in [0.2, 0.25) is 5.02 Å². The zero-order valence-electron chi connectivity index (χ0n) is 10.7. The first-order chi connectivity index (χ1) is 8.60. The third-order valence-electron chi connectivity index (χ3n) is 3.16. The van der Waals surface area contributed by atoms with Gasteiger partial charge >= 0.3 is 0 Å². The van der Waals surface area contributed by atoms with E-state index >= 15 is 0 Å². The van der Waals surface area contributed by atoms with Gasteiger partial charge in [0.05, 0.1) is 10.4 Å². The largest absolute Gasteiger partial charge is 0.285 e. The van der Waals surface area contributed by atoms with Crippen LogP contribution in [0.25, 0.3) is 16.5 Å². The number of hydrogen-bond donors (Lipinski definition) is 0. The van der Waals surface area contributed by atoms with Crippen molar-refractivity contribution in [2.45, 2.75) is 26.7 Å². The van der Waals surface area contributed by atoms with E-state index in [2.05, 4.69) is 6.58 Å². The molecule has 0 N–H and O–H groups in total. The van der Waals surface area contributed by atoms with Gasteiger partial charge in [-0.3, -0.25) is 9.36 Å². The molecule has 2 aromatic rings. The summed E-state index contributed by atoms with van der Waals surface area (Å²) < 4.78 is 1.69. The second-order valence-corrected chi connectivity index (χ2v) is 4.66. The first-order valence-corrected chi connectivity index (χ1v) is 6.49. The van der Waals surface area contributed by atoms with Crippen LogP contribution in [0.5, 0.6) is 0 Å². The second kappa shape index (κ2) is 4.99. The second-order valence-electron chi connectivity index (χ2n) is 4.25. The Labute approximate surface area is 112 Å². The first kappa shape index (κ1) is 12.9. The Bertz CT molecular complexity index is 670. The highest BCUT2D eigenvalue weighted by Crippen LogP contribution is 2.22. The summed E-state index contributed by atoms with van der Waals surface area (Å²) in [4.78, 5) is 12.5. The molecule has 3 heteroatoms. The molecular weight excluding hydrogens is 246 g/mol. The monoisotopic (exact) mass is 261 g/mol. The van der Waals surface area contributed by atoms with Gasteiger partial charge in [0, 0.05) is 11.4 Å². The Morgan fingerprint density at radius 3 is 2.72 bits per heavy atom. The van der Waals surface area contributed by atoms with Crippen molar-refractivity contribution in [3.05, 3.63) is 51.9 Å². The summed E-state index contributed by atoms with van der Waals surface area (Å²) in [6.45, 7) is 7.99. The van der Waals surface area contributed by atoms with Crippen molar-refractivity contribution in [2.75, 3.05) is 0 Å². The van der Waals surface area contributed by atoms with Crippen molar-refractivity contribution in [1.82, 2.24) is 4.57 Å². The Morgan fingerprint density at radius 1 is 1.39 bits per heavy atom. The molecule has 0 aliphatic rings. The highest BCUT2D eigenvalue weighted by Gasteiger charge is 2.11. The van der Waals surface area contributed by atoms with Crippen molar-refractivity contribution in [2.24, 2.45) is 0 Å². The van der Waals surface area contributed by atoms with Gasteiger partial charge in [-0.1, -0.05) is 44.2 Å². The summed E-state index contributed by atoms with van der Waals surface area (Å²) in [6.07, 6.45) is 1.53. The van der Waals surface area contributed by atoms with Crippen LogP contribution in [0, 0.1) is 0 Å². The summed E-state index contributed by atoms with van der Waals surface area (Å²) in [5.41, 5.74) is 1.71. The van der Waals surface area contributed by atoms with E-state index in [9.17, 15) is 4.79 Å². The van der Waals surface area contributed by atoms with Crippen LogP contribution in [0.15, 0.2) is 35.6 Å².